The number of hydrogen-bond donors (Lipinski definition) is 0. The Kier molecular flexibility index (Phi) is 4.88. The first-order chi connectivity index (χ1) is 12.2. The van der Waals surface area contributed by atoms with Gasteiger partial charge in [0.05, 0.1) is 20.0 Å². The molecular formula is C19H18O6. The summed E-state index contributed by atoms with van der Waals surface area (Å²) >= 11 is 0. The van der Waals surface area contributed by atoms with Crippen LogP contribution in [0.25, 0.3) is 28.0 Å². The van der Waals surface area contributed by atoms with Crippen molar-refractivity contribution < 1.29 is 23.1 Å². The van der Waals surface area contributed by atoms with Gasteiger partial charge in [0.25, 0.3) is 0 Å². The number of unbranched alkanes of at least 4 members (excludes halogenated alkanes) is 1. The van der Waals surface area contributed by atoms with Crippen molar-refractivity contribution in [3.8, 4) is 5.75 Å². The largest absolute Gasteiger partial charge is 0.490 e. The summed E-state index contributed by atoms with van der Waals surface area (Å²) in [5, 5.41) is 1.39. The van der Waals surface area contributed by atoms with Gasteiger partial charge in [0.1, 0.15) is 0 Å². The number of carbonyl (C=O) groups is 1. The topological polar surface area (TPSA) is 78.9 Å². The molecular weight excluding hydrogens is 324 g/mol. The number of hydrogen-bond acceptors (Lipinski definition) is 6. The van der Waals surface area contributed by atoms with Gasteiger partial charge in [0.15, 0.2) is 11.2 Å². The van der Waals surface area contributed by atoms with Crippen LogP contribution in [0.3, 0.4) is 0 Å². The smallest absolute Gasteiger partial charge is 0.336 e. The van der Waals surface area contributed by atoms with Crippen molar-refractivity contribution in [1.82, 2.24) is 0 Å². The number of furan rings is 1. The summed E-state index contributed by atoms with van der Waals surface area (Å²) in [5.41, 5.74) is 0.918. The van der Waals surface area contributed by atoms with E-state index in [9.17, 15) is 9.59 Å². The Morgan fingerprint density at radius 2 is 2.00 bits per heavy atom. The van der Waals surface area contributed by atoms with Gasteiger partial charge in [0, 0.05) is 22.9 Å². The molecule has 0 aliphatic carbocycles. The summed E-state index contributed by atoms with van der Waals surface area (Å²) in [6.07, 6.45) is 6.28. The molecule has 3 rings (SSSR count). The van der Waals surface area contributed by atoms with Gasteiger partial charge >= 0.3 is 11.6 Å². The molecule has 0 radical (unpaired) electrons. The zero-order chi connectivity index (χ0) is 17.8. The highest BCUT2D eigenvalue weighted by molar-refractivity contribution is 6.09. The lowest BCUT2D eigenvalue weighted by molar-refractivity contribution is -0.137. The molecule has 0 saturated heterocycles. The molecule has 130 valence electrons. The number of fused-ring (bicyclic) bond motifs is 2. The van der Waals surface area contributed by atoms with Crippen LogP contribution >= 0.6 is 0 Å². The van der Waals surface area contributed by atoms with Crippen LogP contribution in [-0.4, -0.2) is 19.7 Å². The Morgan fingerprint density at radius 3 is 2.76 bits per heavy atom. The van der Waals surface area contributed by atoms with E-state index in [2.05, 4.69) is 0 Å². The van der Waals surface area contributed by atoms with Gasteiger partial charge in [-0.25, -0.2) is 9.59 Å². The number of rotatable bonds is 6. The zero-order valence-electron chi connectivity index (χ0n) is 14.0. The van der Waals surface area contributed by atoms with E-state index in [1.54, 1.807) is 18.2 Å². The second kappa shape index (κ2) is 7.25. The molecule has 6 nitrogen and oxygen atoms in total. The van der Waals surface area contributed by atoms with Gasteiger partial charge in [-0.05, 0) is 30.2 Å². The molecule has 0 N–H and O–H groups in total. The van der Waals surface area contributed by atoms with Gasteiger partial charge in [0.2, 0.25) is 5.75 Å². The Morgan fingerprint density at radius 1 is 1.20 bits per heavy atom. The van der Waals surface area contributed by atoms with Crippen molar-refractivity contribution >= 4 is 34.0 Å². The number of carbonyl (C=O) groups excluding carboxylic acids is 1. The van der Waals surface area contributed by atoms with Crippen molar-refractivity contribution in [2.24, 2.45) is 0 Å². The highest BCUT2D eigenvalue weighted by Gasteiger charge is 2.18. The molecule has 2 heterocycles. The minimum Gasteiger partial charge on any atom is -0.490 e. The van der Waals surface area contributed by atoms with Crippen molar-refractivity contribution in [3.05, 3.63) is 46.5 Å². The fourth-order valence-electron chi connectivity index (χ4n) is 2.62. The SMILES string of the molecule is CCCCOC(=O)/C=C/c1c2ccoc2c(OC)c2oc(=O)ccc12. The lowest BCUT2D eigenvalue weighted by Crippen LogP contribution is -2.02. The van der Waals surface area contributed by atoms with Crippen LogP contribution in [0.2, 0.25) is 0 Å². The summed E-state index contributed by atoms with van der Waals surface area (Å²) in [4.78, 5) is 23.5. The number of methoxy groups -OCH3 is 1. The number of ether oxygens (including phenoxy) is 2. The first-order valence-corrected chi connectivity index (χ1v) is 8.01. The van der Waals surface area contributed by atoms with Gasteiger partial charge in [-0.3, -0.25) is 0 Å². The molecule has 25 heavy (non-hydrogen) atoms. The van der Waals surface area contributed by atoms with E-state index in [1.807, 2.05) is 6.92 Å². The minimum absolute atomic E-state index is 0.274. The predicted octanol–water partition coefficient (Wildman–Crippen LogP) is 3.90. The predicted molar refractivity (Wildman–Crippen MR) is 93.7 cm³/mol. The second-order valence-corrected chi connectivity index (χ2v) is 5.46. The third-order valence-electron chi connectivity index (χ3n) is 3.82. The van der Waals surface area contributed by atoms with E-state index in [-0.39, 0.29) is 5.58 Å². The molecule has 0 spiro atoms. The van der Waals surface area contributed by atoms with Crippen LogP contribution in [0.5, 0.6) is 5.75 Å². The van der Waals surface area contributed by atoms with Crippen LogP contribution in [0.15, 0.2) is 44.2 Å². The maximum absolute atomic E-state index is 11.8. The monoisotopic (exact) mass is 342 g/mol. The molecule has 3 aromatic rings. The highest BCUT2D eigenvalue weighted by Crippen LogP contribution is 2.38. The van der Waals surface area contributed by atoms with Crippen LogP contribution in [0.4, 0.5) is 0 Å². The van der Waals surface area contributed by atoms with Crippen LogP contribution in [0.1, 0.15) is 25.3 Å². The molecule has 0 aliphatic heterocycles. The summed E-state index contributed by atoms with van der Waals surface area (Å²) < 4.78 is 21.3. The molecule has 2 aromatic heterocycles. The van der Waals surface area contributed by atoms with E-state index in [1.165, 1.54) is 25.5 Å². The fraction of sp³-hybridized carbons (Fsp3) is 0.263. The van der Waals surface area contributed by atoms with E-state index in [0.29, 0.717) is 28.9 Å². The summed E-state index contributed by atoms with van der Waals surface area (Å²) in [5.74, 6) is -0.0816. The molecule has 0 amide bonds. The van der Waals surface area contributed by atoms with E-state index in [0.717, 1.165) is 18.2 Å². The average molecular weight is 342 g/mol. The molecule has 0 bridgehead atoms. The molecule has 0 aliphatic rings. The molecule has 0 unspecified atom stereocenters. The van der Waals surface area contributed by atoms with Crippen LogP contribution in [0, 0.1) is 0 Å². The summed E-state index contributed by atoms with van der Waals surface area (Å²) in [6.45, 7) is 2.41. The van der Waals surface area contributed by atoms with E-state index >= 15 is 0 Å². The Hall–Kier alpha value is -3.02. The zero-order valence-corrected chi connectivity index (χ0v) is 14.0. The third-order valence-corrected chi connectivity index (χ3v) is 3.82. The lowest BCUT2D eigenvalue weighted by Gasteiger charge is -2.08. The fourth-order valence-corrected chi connectivity index (χ4v) is 2.62. The van der Waals surface area contributed by atoms with Crippen molar-refractivity contribution in [2.45, 2.75) is 19.8 Å². The summed E-state index contributed by atoms with van der Waals surface area (Å²) in [6, 6.07) is 4.73. The molecule has 1 aromatic carbocycles. The van der Waals surface area contributed by atoms with Crippen molar-refractivity contribution in [3.63, 3.8) is 0 Å². The maximum atomic E-state index is 11.8. The highest BCUT2D eigenvalue weighted by atomic mass is 16.5. The number of benzene rings is 1. The van der Waals surface area contributed by atoms with Crippen molar-refractivity contribution in [2.75, 3.05) is 13.7 Å². The molecule has 0 atom stereocenters. The maximum Gasteiger partial charge on any atom is 0.336 e. The van der Waals surface area contributed by atoms with Crippen LogP contribution < -0.4 is 10.4 Å². The second-order valence-electron chi connectivity index (χ2n) is 5.46. The number of esters is 1. The first kappa shape index (κ1) is 16.8. The van der Waals surface area contributed by atoms with Crippen LogP contribution in [-0.2, 0) is 9.53 Å². The lowest BCUT2D eigenvalue weighted by atomic mass is 10.0. The molecule has 6 heteroatoms. The average Bonchev–Trinajstić information content (AvgIpc) is 3.08. The van der Waals surface area contributed by atoms with Crippen molar-refractivity contribution in [1.29, 1.82) is 0 Å². The van der Waals surface area contributed by atoms with Gasteiger partial charge in [-0.15, -0.1) is 0 Å². The Bertz CT molecular complexity index is 992. The van der Waals surface area contributed by atoms with Gasteiger partial charge in [-0.2, -0.15) is 0 Å². The standard InChI is InChI=1S/C19H18O6/c1-3-4-10-23-15(20)7-5-12-13-6-8-16(21)25-18(13)19(22-2)17-14(12)9-11-24-17/h5-9,11H,3-4,10H2,1-2H3/b7-5+. The van der Waals surface area contributed by atoms with Gasteiger partial charge < -0.3 is 18.3 Å². The Labute approximate surface area is 143 Å². The first-order valence-electron chi connectivity index (χ1n) is 8.01. The normalized spacial score (nSPS) is 11.4. The minimum atomic E-state index is -0.495. The summed E-state index contributed by atoms with van der Waals surface area (Å²) in [7, 11) is 1.48. The molecule has 0 saturated carbocycles. The third kappa shape index (κ3) is 3.28. The van der Waals surface area contributed by atoms with Gasteiger partial charge in [-0.1, -0.05) is 13.3 Å². The quantitative estimate of drug-likeness (QED) is 0.292. The Balaban J connectivity index is 2.11. The molecule has 0 fully saturated rings. The van der Waals surface area contributed by atoms with E-state index in [4.69, 9.17) is 18.3 Å². The van der Waals surface area contributed by atoms with E-state index < -0.39 is 11.6 Å².